The van der Waals surface area contributed by atoms with Gasteiger partial charge in [-0.1, -0.05) is 30.3 Å². The standard InChI is InChI=1S/C23H22N4O5/c1-4-31-17-12-15(10-11-16(17)32-13-14-8-6-5-7-9-14)19-18-20(25-22(29)24-19)26(2)23(30)27(3)21(18)28/h5-12H,4,13H2,1-3H3,(H,24,25,29). The Labute approximate surface area is 182 Å². The number of rotatable bonds is 6. The highest BCUT2D eigenvalue weighted by Crippen LogP contribution is 2.33. The number of benzene rings is 2. The molecular weight excluding hydrogens is 412 g/mol. The van der Waals surface area contributed by atoms with Gasteiger partial charge in [0.2, 0.25) is 0 Å². The van der Waals surface area contributed by atoms with E-state index in [0.717, 1.165) is 10.1 Å². The largest absolute Gasteiger partial charge is 0.490 e. The van der Waals surface area contributed by atoms with Crippen molar-refractivity contribution in [3.63, 3.8) is 0 Å². The van der Waals surface area contributed by atoms with E-state index in [1.807, 2.05) is 37.3 Å². The van der Waals surface area contributed by atoms with Crippen LogP contribution < -0.4 is 26.4 Å². The van der Waals surface area contributed by atoms with Crippen molar-refractivity contribution in [2.45, 2.75) is 13.5 Å². The van der Waals surface area contributed by atoms with Crippen molar-refractivity contribution in [1.82, 2.24) is 19.1 Å². The summed E-state index contributed by atoms with van der Waals surface area (Å²) in [4.78, 5) is 43.9. The van der Waals surface area contributed by atoms with Crippen LogP contribution in [0.2, 0.25) is 0 Å². The van der Waals surface area contributed by atoms with Crippen LogP contribution in [0.4, 0.5) is 0 Å². The third-order valence-corrected chi connectivity index (χ3v) is 5.09. The zero-order valence-corrected chi connectivity index (χ0v) is 17.9. The molecule has 0 bridgehead atoms. The Morgan fingerprint density at radius 2 is 1.69 bits per heavy atom. The highest BCUT2D eigenvalue weighted by molar-refractivity contribution is 5.89. The number of nitrogens with zero attached hydrogens (tertiary/aromatic N) is 3. The molecule has 2 heterocycles. The van der Waals surface area contributed by atoms with Gasteiger partial charge < -0.3 is 14.5 Å². The molecule has 1 N–H and O–H groups in total. The van der Waals surface area contributed by atoms with Gasteiger partial charge in [-0.25, -0.2) is 9.59 Å². The zero-order valence-electron chi connectivity index (χ0n) is 17.9. The van der Waals surface area contributed by atoms with Crippen LogP contribution in [0.5, 0.6) is 11.5 Å². The number of hydrogen-bond donors (Lipinski definition) is 1. The molecule has 0 amide bonds. The van der Waals surface area contributed by atoms with Crippen LogP contribution in [0, 0.1) is 0 Å². The van der Waals surface area contributed by atoms with Gasteiger partial charge in [-0.2, -0.15) is 4.98 Å². The Balaban J connectivity index is 1.85. The second-order valence-corrected chi connectivity index (χ2v) is 7.19. The molecule has 164 valence electrons. The summed E-state index contributed by atoms with van der Waals surface area (Å²) in [6, 6.07) is 14.9. The molecule has 0 aliphatic rings. The summed E-state index contributed by atoms with van der Waals surface area (Å²) in [5, 5.41) is 0.134. The van der Waals surface area contributed by atoms with Crippen LogP contribution in [-0.2, 0) is 20.7 Å². The summed E-state index contributed by atoms with van der Waals surface area (Å²) < 4.78 is 13.8. The highest BCUT2D eigenvalue weighted by Gasteiger charge is 2.18. The number of aryl methyl sites for hydroxylation is 1. The molecule has 32 heavy (non-hydrogen) atoms. The van der Waals surface area contributed by atoms with Crippen molar-refractivity contribution in [3.05, 3.63) is 85.4 Å². The van der Waals surface area contributed by atoms with Crippen LogP contribution in [0.15, 0.2) is 62.9 Å². The van der Waals surface area contributed by atoms with E-state index in [1.165, 1.54) is 18.7 Å². The van der Waals surface area contributed by atoms with Crippen molar-refractivity contribution < 1.29 is 9.47 Å². The number of aromatic amines is 1. The molecule has 2 aromatic heterocycles. The lowest BCUT2D eigenvalue weighted by atomic mass is 10.1. The summed E-state index contributed by atoms with van der Waals surface area (Å²) in [5.74, 6) is 0.994. The fourth-order valence-corrected chi connectivity index (χ4v) is 3.48. The van der Waals surface area contributed by atoms with E-state index < -0.39 is 16.9 Å². The number of H-pyrrole nitrogens is 1. The Kier molecular flexibility index (Phi) is 5.63. The third-order valence-electron chi connectivity index (χ3n) is 5.09. The van der Waals surface area contributed by atoms with E-state index in [4.69, 9.17) is 9.47 Å². The summed E-state index contributed by atoms with van der Waals surface area (Å²) in [6.45, 7) is 2.61. The molecule has 0 aliphatic heterocycles. The van der Waals surface area contributed by atoms with Crippen molar-refractivity contribution in [2.75, 3.05) is 6.61 Å². The zero-order chi connectivity index (χ0) is 22.8. The molecule has 0 saturated carbocycles. The van der Waals surface area contributed by atoms with Crippen molar-refractivity contribution in [2.24, 2.45) is 14.1 Å². The molecule has 0 saturated heterocycles. The van der Waals surface area contributed by atoms with Crippen LogP contribution >= 0.6 is 0 Å². The number of nitrogens with one attached hydrogen (secondary N) is 1. The molecule has 0 aliphatic carbocycles. The van der Waals surface area contributed by atoms with Crippen molar-refractivity contribution >= 4 is 11.0 Å². The lowest BCUT2D eigenvalue weighted by molar-refractivity contribution is 0.269. The lowest BCUT2D eigenvalue weighted by Crippen LogP contribution is -2.38. The molecule has 9 nitrogen and oxygen atoms in total. The average Bonchev–Trinajstić information content (AvgIpc) is 2.80. The molecule has 0 radical (unpaired) electrons. The van der Waals surface area contributed by atoms with Crippen LogP contribution in [-0.4, -0.2) is 25.7 Å². The monoisotopic (exact) mass is 434 g/mol. The van der Waals surface area contributed by atoms with Crippen LogP contribution in [0.1, 0.15) is 12.5 Å². The number of fused-ring (bicyclic) bond motifs is 1. The SMILES string of the molecule is CCOc1cc(-c2[nH]c(=O)nc3c2c(=O)n(C)c(=O)n3C)ccc1OCc1ccccc1. The predicted molar refractivity (Wildman–Crippen MR) is 120 cm³/mol. The minimum Gasteiger partial charge on any atom is -0.490 e. The van der Waals surface area contributed by atoms with Gasteiger partial charge in [-0.05, 0) is 30.7 Å². The normalized spacial score (nSPS) is 11.0. The summed E-state index contributed by atoms with van der Waals surface area (Å²) in [7, 11) is 2.84. The van der Waals surface area contributed by atoms with Gasteiger partial charge in [-0.15, -0.1) is 0 Å². The van der Waals surface area contributed by atoms with E-state index in [1.54, 1.807) is 18.2 Å². The average molecular weight is 434 g/mol. The van der Waals surface area contributed by atoms with E-state index in [2.05, 4.69) is 9.97 Å². The Hall–Kier alpha value is -4.14. The van der Waals surface area contributed by atoms with Crippen LogP contribution in [0.25, 0.3) is 22.3 Å². The Morgan fingerprint density at radius 3 is 2.41 bits per heavy atom. The summed E-state index contributed by atoms with van der Waals surface area (Å²) in [6.07, 6.45) is 0. The minimum absolute atomic E-state index is 0.0132. The molecule has 0 atom stereocenters. The smallest absolute Gasteiger partial charge is 0.347 e. The van der Waals surface area contributed by atoms with Gasteiger partial charge >= 0.3 is 11.4 Å². The molecule has 4 rings (SSSR count). The first kappa shape index (κ1) is 21.1. The van der Waals surface area contributed by atoms with Crippen molar-refractivity contribution in [3.8, 4) is 22.8 Å². The van der Waals surface area contributed by atoms with Gasteiger partial charge in [0.05, 0.1) is 12.3 Å². The molecule has 4 aromatic rings. The van der Waals surface area contributed by atoms with E-state index >= 15 is 0 Å². The highest BCUT2D eigenvalue weighted by atomic mass is 16.5. The van der Waals surface area contributed by atoms with Crippen molar-refractivity contribution in [1.29, 1.82) is 0 Å². The number of ether oxygens (including phenoxy) is 2. The Bertz CT molecular complexity index is 1470. The molecule has 9 heteroatoms. The molecular formula is C23H22N4O5. The minimum atomic E-state index is -0.668. The molecule has 0 unspecified atom stereocenters. The number of hydrogen-bond acceptors (Lipinski definition) is 6. The van der Waals surface area contributed by atoms with E-state index in [0.29, 0.717) is 30.3 Å². The maximum Gasteiger partial charge on any atom is 0.347 e. The van der Waals surface area contributed by atoms with Gasteiger partial charge in [0, 0.05) is 19.7 Å². The van der Waals surface area contributed by atoms with E-state index in [-0.39, 0.29) is 16.7 Å². The van der Waals surface area contributed by atoms with Gasteiger partial charge in [0.15, 0.2) is 17.1 Å². The van der Waals surface area contributed by atoms with Gasteiger partial charge in [-0.3, -0.25) is 13.9 Å². The second kappa shape index (κ2) is 8.54. The number of aromatic nitrogens is 4. The van der Waals surface area contributed by atoms with Gasteiger partial charge in [0.1, 0.15) is 12.0 Å². The van der Waals surface area contributed by atoms with E-state index in [9.17, 15) is 14.4 Å². The van der Waals surface area contributed by atoms with Crippen LogP contribution in [0.3, 0.4) is 0 Å². The first-order chi connectivity index (χ1) is 15.4. The maximum absolute atomic E-state index is 12.9. The maximum atomic E-state index is 12.9. The molecule has 2 aromatic carbocycles. The second-order valence-electron chi connectivity index (χ2n) is 7.19. The molecule has 0 spiro atoms. The Morgan fingerprint density at radius 1 is 0.938 bits per heavy atom. The lowest BCUT2D eigenvalue weighted by Gasteiger charge is -2.15. The fraction of sp³-hybridized carbons (Fsp3) is 0.217. The quantitative estimate of drug-likeness (QED) is 0.497. The third kappa shape index (κ3) is 3.80. The first-order valence-corrected chi connectivity index (χ1v) is 10.0. The fourth-order valence-electron chi connectivity index (χ4n) is 3.48. The summed E-state index contributed by atoms with van der Waals surface area (Å²) in [5.41, 5.74) is 0.0215. The topological polar surface area (TPSA) is 108 Å². The van der Waals surface area contributed by atoms with Gasteiger partial charge in [0.25, 0.3) is 5.56 Å². The first-order valence-electron chi connectivity index (χ1n) is 10.0. The summed E-state index contributed by atoms with van der Waals surface area (Å²) >= 11 is 0. The molecule has 0 fully saturated rings. The predicted octanol–water partition coefficient (Wildman–Crippen LogP) is 1.97.